The van der Waals surface area contributed by atoms with Crippen molar-refractivity contribution in [3.8, 4) is 12.1 Å². The second-order valence-electron chi connectivity index (χ2n) is 4.07. The molecule has 2 aliphatic rings. The lowest BCUT2D eigenvalue weighted by Gasteiger charge is -2.21. The predicted octanol–water partition coefficient (Wildman–Crippen LogP) is 2.09. The van der Waals surface area contributed by atoms with Crippen LogP contribution in [0, 0.1) is 46.3 Å². The van der Waals surface area contributed by atoms with Crippen LogP contribution in [0.5, 0.6) is 0 Å². The zero-order valence-corrected chi connectivity index (χ0v) is 7.03. The summed E-state index contributed by atoms with van der Waals surface area (Å²) in [6, 6.07) is 4.23. The number of fused-ring (bicyclic) bond motifs is 2. The van der Waals surface area contributed by atoms with Crippen LogP contribution in [-0.4, -0.2) is 0 Å². The van der Waals surface area contributed by atoms with Crippen LogP contribution in [0.25, 0.3) is 0 Å². The predicted molar refractivity (Wildman–Crippen MR) is 43.7 cm³/mol. The van der Waals surface area contributed by atoms with Crippen molar-refractivity contribution in [2.24, 2.45) is 23.7 Å². The van der Waals surface area contributed by atoms with Gasteiger partial charge in [0.25, 0.3) is 0 Å². The maximum Gasteiger partial charge on any atom is 0.136 e. The highest BCUT2D eigenvalue weighted by Gasteiger charge is 2.43. The van der Waals surface area contributed by atoms with Crippen LogP contribution in [0.2, 0.25) is 0 Å². The van der Waals surface area contributed by atoms with Crippen LogP contribution < -0.4 is 0 Å². The van der Waals surface area contributed by atoms with E-state index in [1.807, 2.05) is 0 Å². The summed E-state index contributed by atoms with van der Waals surface area (Å²) in [6.45, 7) is 0. The van der Waals surface area contributed by atoms with Gasteiger partial charge in [-0.05, 0) is 37.0 Å². The van der Waals surface area contributed by atoms with Crippen LogP contribution in [0.15, 0.2) is 0 Å². The fraction of sp³-hybridized carbons (Fsp3) is 0.800. The van der Waals surface area contributed by atoms with Crippen molar-refractivity contribution in [3.63, 3.8) is 0 Å². The summed E-state index contributed by atoms with van der Waals surface area (Å²) in [5.74, 6) is 1.60. The number of hydrogen-bond acceptors (Lipinski definition) is 2. The molecule has 3 atom stereocenters. The first-order valence-electron chi connectivity index (χ1n) is 4.64. The Morgan fingerprint density at radius 3 is 2.25 bits per heavy atom. The fourth-order valence-electron chi connectivity index (χ4n) is 2.92. The van der Waals surface area contributed by atoms with E-state index in [0.717, 1.165) is 12.3 Å². The van der Waals surface area contributed by atoms with Gasteiger partial charge in [-0.25, -0.2) is 0 Å². The molecule has 0 amide bonds. The van der Waals surface area contributed by atoms with Crippen molar-refractivity contribution in [2.75, 3.05) is 0 Å². The monoisotopic (exact) mass is 160 g/mol. The van der Waals surface area contributed by atoms with E-state index in [0.29, 0.717) is 11.8 Å². The average molecular weight is 160 g/mol. The Morgan fingerprint density at radius 1 is 1.08 bits per heavy atom. The third-order valence-electron chi connectivity index (χ3n) is 3.50. The molecule has 0 saturated heterocycles. The summed E-state index contributed by atoms with van der Waals surface area (Å²) in [6.07, 6.45) is 5.01. The lowest BCUT2D eigenvalue weighted by atomic mass is 9.81. The van der Waals surface area contributed by atoms with Crippen LogP contribution >= 0.6 is 0 Å². The fourth-order valence-corrected chi connectivity index (χ4v) is 2.92. The van der Waals surface area contributed by atoms with Gasteiger partial charge in [-0.3, -0.25) is 0 Å². The van der Waals surface area contributed by atoms with E-state index >= 15 is 0 Å². The molecular weight excluding hydrogens is 148 g/mol. The number of rotatable bonds is 1. The summed E-state index contributed by atoms with van der Waals surface area (Å²) < 4.78 is 0. The Morgan fingerprint density at radius 2 is 1.83 bits per heavy atom. The van der Waals surface area contributed by atoms with Gasteiger partial charge in [0.2, 0.25) is 0 Å². The van der Waals surface area contributed by atoms with E-state index in [1.165, 1.54) is 19.3 Å². The van der Waals surface area contributed by atoms with E-state index in [4.69, 9.17) is 10.5 Å². The van der Waals surface area contributed by atoms with Crippen LogP contribution in [0.3, 0.4) is 0 Å². The topological polar surface area (TPSA) is 47.6 Å². The van der Waals surface area contributed by atoms with E-state index in [-0.39, 0.29) is 5.92 Å². The van der Waals surface area contributed by atoms with E-state index < -0.39 is 0 Å². The highest BCUT2D eigenvalue weighted by molar-refractivity contribution is 5.07. The zero-order chi connectivity index (χ0) is 8.55. The standard InChI is InChI=1S/C10H12N2/c11-5-9(6-12)10-4-7-1-2-8(10)3-7/h7-10H,1-4H2/t7-,8+,10-/m1/s1. The molecule has 2 rings (SSSR count). The Bertz CT molecular complexity index is 244. The number of nitriles is 2. The van der Waals surface area contributed by atoms with Crippen molar-refractivity contribution in [1.82, 2.24) is 0 Å². The van der Waals surface area contributed by atoms with Gasteiger partial charge in [0, 0.05) is 0 Å². The molecule has 0 aromatic heterocycles. The molecule has 0 spiro atoms. The van der Waals surface area contributed by atoms with Gasteiger partial charge in [0.1, 0.15) is 5.92 Å². The quantitative estimate of drug-likeness (QED) is 0.589. The molecular formula is C10H12N2. The summed E-state index contributed by atoms with van der Waals surface area (Å²) in [5, 5.41) is 17.5. The maximum atomic E-state index is 8.74. The van der Waals surface area contributed by atoms with Gasteiger partial charge in [-0.15, -0.1) is 0 Å². The molecule has 0 N–H and O–H groups in total. The Hall–Kier alpha value is -1.02. The molecule has 0 radical (unpaired) electrons. The largest absolute Gasteiger partial charge is 0.197 e. The normalized spacial score (nSPS) is 38.1. The zero-order valence-electron chi connectivity index (χ0n) is 7.03. The Kier molecular flexibility index (Phi) is 1.77. The van der Waals surface area contributed by atoms with E-state index in [1.54, 1.807) is 0 Å². The molecule has 2 saturated carbocycles. The van der Waals surface area contributed by atoms with Crippen molar-refractivity contribution in [3.05, 3.63) is 0 Å². The molecule has 2 aliphatic carbocycles. The number of hydrogen-bond donors (Lipinski definition) is 0. The van der Waals surface area contributed by atoms with E-state index in [2.05, 4.69) is 12.1 Å². The highest BCUT2D eigenvalue weighted by atomic mass is 14.5. The summed E-state index contributed by atoms with van der Waals surface area (Å²) >= 11 is 0. The third-order valence-corrected chi connectivity index (χ3v) is 3.50. The van der Waals surface area contributed by atoms with E-state index in [9.17, 15) is 0 Å². The van der Waals surface area contributed by atoms with Crippen molar-refractivity contribution in [1.29, 1.82) is 10.5 Å². The molecule has 62 valence electrons. The summed E-state index contributed by atoms with van der Waals surface area (Å²) in [7, 11) is 0. The van der Waals surface area contributed by atoms with Crippen LogP contribution in [0.1, 0.15) is 25.7 Å². The minimum absolute atomic E-state index is 0.333. The third kappa shape index (κ3) is 0.994. The van der Waals surface area contributed by atoms with Gasteiger partial charge in [-0.2, -0.15) is 10.5 Å². The van der Waals surface area contributed by atoms with Crippen molar-refractivity contribution < 1.29 is 0 Å². The lowest BCUT2D eigenvalue weighted by molar-refractivity contribution is 0.301. The maximum absolute atomic E-state index is 8.74. The molecule has 0 aromatic carbocycles. The highest BCUT2D eigenvalue weighted by Crippen LogP contribution is 2.50. The Balaban J connectivity index is 2.08. The van der Waals surface area contributed by atoms with Gasteiger partial charge in [-0.1, -0.05) is 6.42 Å². The average Bonchev–Trinajstić information content (AvgIpc) is 2.67. The van der Waals surface area contributed by atoms with Gasteiger partial charge < -0.3 is 0 Å². The minimum Gasteiger partial charge on any atom is -0.197 e. The molecule has 0 heterocycles. The van der Waals surface area contributed by atoms with Crippen LogP contribution in [0.4, 0.5) is 0 Å². The first-order valence-corrected chi connectivity index (χ1v) is 4.64. The molecule has 0 unspecified atom stereocenters. The second-order valence-corrected chi connectivity index (χ2v) is 4.07. The second kappa shape index (κ2) is 2.79. The molecule has 0 aromatic rings. The molecule has 2 bridgehead atoms. The molecule has 0 aliphatic heterocycles. The minimum atomic E-state index is -0.333. The van der Waals surface area contributed by atoms with Gasteiger partial charge in [0.05, 0.1) is 12.1 Å². The van der Waals surface area contributed by atoms with Crippen LogP contribution in [-0.2, 0) is 0 Å². The van der Waals surface area contributed by atoms with Gasteiger partial charge >= 0.3 is 0 Å². The molecule has 2 heteroatoms. The van der Waals surface area contributed by atoms with Gasteiger partial charge in [0.15, 0.2) is 0 Å². The summed E-state index contributed by atoms with van der Waals surface area (Å²) in [4.78, 5) is 0. The van der Waals surface area contributed by atoms with Crippen molar-refractivity contribution >= 4 is 0 Å². The number of nitrogens with zero attached hydrogens (tertiary/aromatic N) is 2. The molecule has 12 heavy (non-hydrogen) atoms. The molecule has 2 fully saturated rings. The lowest BCUT2D eigenvalue weighted by Crippen LogP contribution is -2.18. The Labute approximate surface area is 72.8 Å². The first-order chi connectivity index (χ1) is 5.85. The smallest absolute Gasteiger partial charge is 0.136 e. The molecule has 2 nitrogen and oxygen atoms in total. The SMILES string of the molecule is N#CC(C#N)[C@@H]1C[C@@H]2CC[C@H]1C2. The summed E-state index contributed by atoms with van der Waals surface area (Å²) in [5.41, 5.74) is 0. The first kappa shape index (κ1) is 7.62. The van der Waals surface area contributed by atoms with Crippen molar-refractivity contribution in [2.45, 2.75) is 25.7 Å².